The van der Waals surface area contributed by atoms with E-state index in [0.717, 1.165) is 25.6 Å². The van der Waals surface area contributed by atoms with Gasteiger partial charge >= 0.3 is 0 Å². The fourth-order valence-electron chi connectivity index (χ4n) is 2.12. The molecule has 1 fully saturated rings. The first-order chi connectivity index (χ1) is 7.18. The molecule has 1 rings (SSSR count). The van der Waals surface area contributed by atoms with Crippen LogP contribution in [0.3, 0.4) is 0 Å². The molecule has 0 spiro atoms. The number of nitrogens with one attached hydrogen (secondary N) is 1. The van der Waals surface area contributed by atoms with Crippen molar-refractivity contribution in [2.24, 2.45) is 5.92 Å². The highest BCUT2D eigenvalue weighted by molar-refractivity contribution is 4.70. The van der Waals surface area contributed by atoms with Gasteiger partial charge in [-0.05, 0) is 52.5 Å². The Balaban J connectivity index is 1.95. The van der Waals surface area contributed by atoms with Gasteiger partial charge in [-0.1, -0.05) is 6.92 Å². The van der Waals surface area contributed by atoms with Gasteiger partial charge in [0.05, 0.1) is 0 Å². The monoisotopic (exact) mass is 213 g/mol. The Hall–Kier alpha value is -0.120. The fraction of sp³-hybridized carbons (Fsp3) is 1.00. The van der Waals surface area contributed by atoms with E-state index in [0.29, 0.717) is 0 Å². The van der Waals surface area contributed by atoms with Crippen LogP contribution in [0.4, 0.5) is 0 Å². The summed E-state index contributed by atoms with van der Waals surface area (Å²) in [7, 11) is 4.24. The molecule has 15 heavy (non-hydrogen) atoms. The molecule has 0 saturated carbocycles. The minimum Gasteiger partial charge on any atom is -0.315 e. The van der Waals surface area contributed by atoms with Crippen LogP contribution >= 0.6 is 0 Å². The summed E-state index contributed by atoms with van der Waals surface area (Å²) in [5.74, 6) is 0.783. The zero-order valence-corrected chi connectivity index (χ0v) is 10.6. The lowest BCUT2D eigenvalue weighted by atomic mass is 10.1. The standard InChI is InChI=1S/C12H27N3/c1-12(10-13-6-9-14(2)3)11-15-7-4-5-8-15/h12-13H,4-11H2,1-3H3. The van der Waals surface area contributed by atoms with E-state index in [2.05, 4.69) is 36.1 Å². The SMILES string of the molecule is CC(CNCCN(C)C)CN1CCCC1. The number of rotatable bonds is 7. The Kier molecular flexibility index (Phi) is 6.22. The van der Waals surface area contributed by atoms with Crippen LogP contribution in [0.15, 0.2) is 0 Å². The van der Waals surface area contributed by atoms with Gasteiger partial charge < -0.3 is 15.1 Å². The average molecular weight is 213 g/mol. The van der Waals surface area contributed by atoms with Crippen molar-refractivity contribution in [1.29, 1.82) is 0 Å². The smallest absolute Gasteiger partial charge is 0.0101 e. The normalized spacial score (nSPS) is 20.0. The first kappa shape index (κ1) is 12.9. The van der Waals surface area contributed by atoms with Crippen LogP contribution in [0.1, 0.15) is 19.8 Å². The van der Waals surface area contributed by atoms with Crippen molar-refractivity contribution in [3.05, 3.63) is 0 Å². The van der Waals surface area contributed by atoms with Crippen LogP contribution in [0.2, 0.25) is 0 Å². The van der Waals surface area contributed by atoms with Gasteiger partial charge in [0.15, 0.2) is 0 Å². The zero-order chi connectivity index (χ0) is 11.1. The predicted octanol–water partition coefficient (Wildman–Crippen LogP) is 0.870. The van der Waals surface area contributed by atoms with E-state index >= 15 is 0 Å². The lowest BCUT2D eigenvalue weighted by Crippen LogP contribution is -2.34. The van der Waals surface area contributed by atoms with Crippen LogP contribution in [0.25, 0.3) is 0 Å². The highest BCUT2D eigenvalue weighted by Gasteiger charge is 2.13. The van der Waals surface area contributed by atoms with Gasteiger partial charge in [0.1, 0.15) is 0 Å². The number of nitrogens with zero attached hydrogens (tertiary/aromatic N) is 2. The molecule has 3 nitrogen and oxygen atoms in total. The summed E-state index contributed by atoms with van der Waals surface area (Å²) in [5, 5.41) is 3.52. The molecule has 1 atom stereocenters. The summed E-state index contributed by atoms with van der Waals surface area (Å²) in [6.07, 6.45) is 2.81. The number of hydrogen-bond acceptors (Lipinski definition) is 3. The third kappa shape index (κ3) is 6.13. The van der Waals surface area contributed by atoms with Gasteiger partial charge in [0.25, 0.3) is 0 Å². The molecular formula is C12H27N3. The van der Waals surface area contributed by atoms with Crippen molar-refractivity contribution in [3.63, 3.8) is 0 Å². The molecule has 0 aromatic rings. The Bertz CT molecular complexity index is 153. The molecule has 90 valence electrons. The summed E-state index contributed by atoms with van der Waals surface area (Å²) in [5.41, 5.74) is 0. The van der Waals surface area contributed by atoms with Crippen molar-refractivity contribution in [3.8, 4) is 0 Å². The summed E-state index contributed by atoms with van der Waals surface area (Å²) in [6.45, 7) is 9.66. The van der Waals surface area contributed by atoms with Crippen LogP contribution in [-0.4, -0.2) is 63.2 Å². The predicted molar refractivity (Wildman–Crippen MR) is 66.3 cm³/mol. The minimum atomic E-state index is 0.783. The molecule has 3 heteroatoms. The largest absolute Gasteiger partial charge is 0.315 e. The van der Waals surface area contributed by atoms with Crippen LogP contribution in [0, 0.1) is 5.92 Å². The molecule has 1 heterocycles. The topological polar surface area (TPSA) is 18.5 Å². The summed E-state index contributed by atoms with van der Waals surface area (Å²) < 4.78 is 0. The zero-order valence-electron chi connectivity index (χ0n) is 10.6. The van der Waals surface area contributed by atoms with E-state index in [9.17, 15) is 0 Å². The maximum absolute atomic E-state index is 3.52. The van der Waals surface area contributed by atoms with Crippen molar-refractivity contribution in [2.75, 3.05) is 53.4 Å². The second-order valence-corrected chi connectivity index (χ2v) is 5.12. The quantitative estimate of drug-likeness (QED) is 0.633. The Morgan fingerprint density at radius 2 is 1.93 bits per heavy atom. The van der Waals surface area contributed by atoms with Gasteiger partial charge in [-0.3, -0.25) is 0 Å². The van der Waals surface area contributed by atoms with E-state index in [1.807, 2.05) is 0 Å². The lowest BCUT2D eigenvalue weighted by Gasteiger charge is -2.20. The molecule has 1 aliphatic rings. The Morgan fingerprint density at radius 3 is 2.53 bits per heavy atom. The fourth-order valence-corrected chi connectivity index (χ4v) is 2.12. The molecule has 1 N–H and O–H groups in total. The van der Waals surface area contributed by atoms with Gasteiger partial charge in [0.2, 0.25) is 0 Å². The molecule has 0 radical (unpaired) electrons. The average Bonchev–Trinajstić information content (AvgIpc) is 2.64. The Labute approximate surface area is 94.8 Å². The molecule has 0 aromatic heterocycles. The third-order valence-electron chi connectivity index (χ3n) is 3.00. The van der Waals surface area contributed by atoms with Crippen LogP contribution in [0.5, 0.6) is 0 Å². The van der Waals surface area contributed by atoms with Gasteiger partial charge in [-0.2, -0.15) is 0 Å². The van der Waals surface area contributed by atoms with E-state index in [-0.39, 0.29) is 0 Å². The second-order valence-electron chi connectivity index (χ2n) is 5.12. The van der Waals surface area contributed by atoms with E-state index < -0.39 is 0 Å². The van der Waals surface area contributed by atoms with E-state index in [4.69, 9.17) is 0 Å². The van der Waals surface area contributed by atoms with Crippen LogP contribution < -0.4 is 5.32 Å². The van der Waals surface area contributed by atoms with Crippen molar-refractivity contribution < 1.29 is 0 Å². The second kappa shape index (κ2) is 7.20. The molecule has 0 amide bonds. The van der Waals surface area contributed by atoms with Crippen molar-refractivity contribution in [1.82, 2.24) is 15.1 Å². The minimum absolute atomic E-state index is 0.783. The lowest BCUT2D eigenvalue weighted by molar-refractivity contribution is 0.280. The summed E-state index contributed by atoms with van der Waals surface area (Å²) in [6, 6.07) is 0. The molecule has 1 aliphatic heterocycles. The molecule has 0 aromatic carbocycles. The van der Waals surface area contributed by atoms with Crippen molar-refractivity contribution >= 4 is 0 Å². The molecular weight excluding hydrogens is 186 g/mol. The van der Waals surface area contributed by atoms with Gasteiger partial charge in [0, 0.05) is 19.6 Å². The molecule has 1 unspecified atom stereocenters. The highest BCUT2D eigenvalue weighted by atomic mass is 15.1. The van der Waals surface area contributed by atoms with Gasteiger partial charge in [-0.25, -0.2) is 0 Å². The first-order valence-electron chi connectivity index (χ1n) is 6.26. The number of likely N-dealkylation sites (N-methyl/N-ethyl adjacent to an activating group) is 1. The van der Waals surface area contributed by atoms with E-state index in [1.54, 1.807) is 0 Å². The number of likely N-dealkylation sites (tertiary alicyclic amines) is 1. The molecule has 0 bridgehead atoms. The maximum Gasteiger partial charge on any atom is 0.0101 e. The highest BCUT2D eigenvalue weighted by Crippen LogP contribution is 2.09. The first-order valence-corrected chi connectivity index (χ1v) is 6.26. The van der Waals surface area contributed by atoms with Gasteiger partial charge in [-0.15, -0.1) is 0 Å². The van der Waals surface area contributed by atoms with E-state index in [1.165, 1.54) is 32.5 Å². The van der Waals surface area contributed by atoms with Crippen LogP contribution in [-0.2, 0) is 0 Å². The number of hydrogen-bond donors (Lipinski definition) is 1. The van der Waals surface area contributed by atoms with Crippen molar-refractivity contribution in [2.45, 2.75) is 19.8 Å². The summed E-state index contributed by atoms with van der Waals surface area (Å²) >= 11 is 0. The summed E-state index contributed by atoms with van der Waals surface area (Å²) in [4.78, 5) is 4.82. The molecule has 0 aliphatic carbocycles. The maximum atomic E-state index is 3.52. The molecule has 1 saturated heterocycles. The third-order valence-corrected chi connectivity index (χ3v) is 3.00. The Morgan fingerprint density at radius 1 is 1.27 bits per heavy atom.